The van der Waals surface area contributed by atoms with E-state index in [9.17, 15) is 9.90 Å². The van der Waals surface area contributed by atoms with Gasteiger partial charge in [-0.3, -0.25) is 0 Å². The van der Waals surface area contributed by atoms with Crippen molar-refractivity contribution in [3.8, 4) is 11.3 Å². The van der Waals surface area contributed by atoms with Crippen molar-refractivity contribution >= 4 is 11.6 Å². The Hall–Kier alpha value is -2.70. The Balaban J connectivity index is 2.41. The molecule has 0 bridgehead atoms. The highest BCUT2D eigenvalue weighted by Gasteiger charge is 2.25. The van der Waals surface area contributed by atoms with Crippen LogP contribution >= 0.6 is 0 Å². The Bertz CT molecular complexity index is 768. The van der Waals surface area contributed by atoms with Gasteiger partial charge in [0.05, 0.1) is 11.3 Å². The second-order valence-electron chi connectivity index (χ2n) is 4.11. The van der Waals surface area contributed by atoms with Gasteiger partial charge in [-0.25, -0.2) is 14.3 Å². The maximum Gasteiger partial charge on any atom is 0.356 e. The first-order valence-electron chi connectivity index (χ1n) is 5.60. The number of carboxylic acid groups (broad SMARTS) is 1. The Morgan fingerprint density at radius 1 is 1.42 bits per heavy atom. The number of aryl methyl sites for hydroxylation is 2. The maximum absolute atomic E-state index is 11.5. The highest BCUT2D eigenvalue weighted by Crippen LogP contribution is 2.29. The monoisotopic (exact) mass is 258 g/mol. The van der Waals surface area contributed by atoms with Crippen LogP contribution in [0.4, 0.5) is 0 Å². The van der Waals surface area contributed by atoms with Crippen molar-refractivity contribution in [1.29, 1.82) is 0 Å². The van der Waals surface area contributed by atoms with Gasteiger partial charge in [-0.2, -0.15) is 5.10 Å². The molecule has 3 aromatic rings. The van der Waals surface area contributed by atoms with Gasteiger partial charge in [-0.05, 0) is 26.0 Å². The molecule has 0 aromatic carbocycles. The number of aromatic nitrogens is 4. The molecule has 0 aliphatic carbocycles. The summed E-state index contributed by atoms with van der Waals surface area (Å²) in [6.45, 7) is 3.47. The molecule has 3 rings (SSSR count). The summed E-state index contributed by atoms with van der Waals surface area (Å²) in [6.07, 6.45) is 1.51. The lowest BCUT2D eigenvalue weighted by Crippen LogP contribution is -2.05. The molecule has 0 aliphatic heterocycles. The third-order valence-electron chi connectivity index (χ3n) is 2.87. The minimum atomic E-state index is -1.10. The molecule has 96 valence electrons. The van der Waals surface area contributed by atoms with Crippen LogP contribution in [0, 0.1) is 13.8 Å². The van der Waals surface area contributed by atoms with E-state index in [0.717, 1.165) is 0 Å². The predicted molar refractivity (Wildman–Crippen MR) is 64.9 cm³/mol. The topological polar surface area (TPSA) is 93.5 Å². The van der Waals surface area contributed by atoms with Crippen molar-refractivity contribution < 1.29 is 14.4 Å². The summed E-state index contributed by atoms with van der Waals surface area (Å²) in [5.41, 5.74) is 1.99. The number of fused-ring (bicyclic) bond motifs is 1. The van der Waals surface area contributed by atoms with E-state index < -0.39 is 5.97 Å². The van der Waals surface area contributed by atoms with Gasteiger partial charge in [-0.15, -0.1) is 0 Å². The Kier molecular flexibility index (Phi) is 2.34. The number of carbonyl (C=O) groups is 1. The van der Waals surface area contributed by atoms with E-state index in [0.29, 0.717) is 28.4 Å². The van der Waals surface area contributed by atoms with E-state index in [1.165, 1.54) is 10.7 Å². The molecule has 3 aromatic heterocycles. The molecule has 0 atom stereocenters. The van der Waals surface area contributed by atoms with Crippen LogP contribution in [0.15, 0.2) is 22.9 Å². The van der Waals surface area contributed by atoms with Crippen LogP contribution in [0.25, 0.3) is 16.9 Å². The molecular formula is C12H10N4O3. The van der Waals surface area contributed by atoms with Crippen molar-refractivity contribution in [2.45, 2.75) is 13.8 Å². The Labute approximate surface area is 107 Å². The van der Waals surface area contributed by atoms with Crippen molar-refractivity contribution in [3.05, 3.63) is 35.5 Å². The lowest BCUT2D eigenvalue weighted by molar-refractivity contribution is 0.0689. The fraction of sp³-hybridized carbons (Fsp3) is 0.167. The quantitative estimate of drug-likeness (QED) is 0.751. The summed E-state index contributed by atoms with van der Waals surface area (Å²) in [5, 5.41) is 17.2. The second-order valence-corrected chi connectivity index (χ2v) is 4.11. The van der Waals surface area contributed by atoms with E-state index in [1.54, 1.807) is 26.0 Å². The van der Waals surface area contributed by atoms with Crippen LogP contribution in [0.1, 0.15) is 21.9 Å². The Morgan fingerprint density at radius 2 is 2.21 bits per heavy atom. The largest absolute Gasteiger partial charge is 0.476 e. The number of imidazole rings is 1. The van der Waals surface area contributed by atoms with Gasteiger partial charge >= 0.3 is 5.97 Å². The molecule has 7 heteroatoms. The number of nitrogens with zero attached hydrogens (tertiary/aromatic N) is 4. The van der Waals surface area contributed by atoms with Gasteiger partial charge < -0.3 is 9.63 Å². The van der Waals surface area contributed by atoms with E-state index >= 15 is 0 Å². The third kappa shape index (κ3) is 1.59. The van der Waals surface area contributed by atoms with Gasteiger partial charge in [0.2, 0.25) is 0 Å². The van der Waals surface area contributed by atoms with Crippen molar-refractivity contribution in [1.82, 2.24) is 19.8 Å². The van der Waals surface area contributed by atoms with Crippen LogP contribution in [-0.2, 0) is 0 Å². The highest BCUT2D eigenvalue weighted by atomic mass is 16.5. The first-order valence-corrected chi connectivity index (χ1v) is 5.60. The average Bonchev–Trinajstić information content (AvgIpc) is 2.89. The number of hydrogen-bond acceptors (Lipinski definition) is 5. The summed E-state index contributed by atoms with van der Waals surface area (Å²) >= 11 is 0. The molecule has 0 unspecified atom stereocenters. The van der Waals surface area contributed by atoms with Crippen LogP contribution in [0.3, 0.4) is 0 Å². The molecule has 0 saturated carbocycles. The molecule has 0 radical (unpaired) electrons. The van der Waals surface area contributed by atoms with Crippen molar-refractivity contribution in [2.75, 3.05) is 0 Å². The molecule has 0 aliphatic rings. The standard InChI is InChI=1S/C12H10N4O3/c1-6-9(7(2)19-15-6)10-11(12(17)18)16-8(14-10)4-3-5-13-16/h3-5H,1-2H3,(H,17,18). The first kappa shape index (κ1) is 11.4. The summed E-state index contributed by atoms with van der Waals surface area (Å²) in [7, 11) is 0. The fourth-order valence-corrected chi connectivity index (χ4v) is 2.08. The summed E-state index contributed by atoms with van der Waals surface area (Å²) in [5.74, 6) is -0.565. The van der Waals surface area contributed by atoms with Gasteiger partial charge in [0, 0.05) is 6.20 Å². The third-order valence-corrected chi connectivity index (χ3v) is 2.87. The van der Waals surface area contributed by atoms with Gasteiger partial charge in [-0.1, -0.05) is 5.16 Å². The number of hydrogen-bond donors (Lipinski definition) is 1. The SMILES string of the molecule is Cc1noc(C)c1-c1nc2cccnn2c1C(=O)O. The number of aromatic carboxylic acids is 1. The van der Waals surface area contributed by atoms with Crippen molar-refractivity contribution in [2.24, 2.45) is 0 Å². The second kappa shape index (κ2) is 3.91. The van der Waals surface area contributed by atoms with Crippen LogP contribution in [-0.4, -0.2) is 30.8 Å². The maximum atomic E-state index is 11.5. The summed E-state index contributed by atoms with van der Waals surface area (Å²) in [6, 6.07) is 3.40. The molecular weight excluding hydrogens is 248 g/mol. The molecule has 1 N–H and O–H groups in total. The molecule has 7 nitrogen and oxygen atoms in total. The summed E-state index contributed by atoms with van der Waals surface area (Å²) < 4.78 is 6.36. The predicted octanol–water partition coefficient (Wildman–Crippen LogP) is 1.70. The zero-order chi connectivity index (χ0) is 13.6. The smallest absolute Gasteiger partial charge is 0.356 e. The van der Waals surface area contributed by atoms with Gasteiger partial charge in [0.15, 0.2) is 11.3 Å². The van der Waals surface area contributed by atoms with Crippen LogP contribution in [0.2, 0.25) is 0 Å². The molecule has 0 amide bonds. The average molecular weight is 258 g/mol. The molecule has 0 spiro atoms. The van der Waals surface area contributed by atoms with Crippen LogP contribution in [0.5, 0.6) is 0 Å². The lowest BCUT2D eigenvalue weighted by atomic mass is 10.1. The van der Waals surface area contributed by atoms with E-state index in [4.69, 9.17) is 4.52 Å². The van der Waals surface area contributed by atoms with E-state index in [1.807, 2.05) is 0 Å². The fourth-order valence-electron chi connectivity index (χ4n) is 2.08. The minimum Gasteiger partial charge on any atom is -0.476 e. The summed E-state index contributed by atoms with van der Waals surface area (Å²) in [4.78, 5) is 15.8. The van der Waals surface area contributed by atoms with E-state index in [-0.39, 0.29) is 5.69 Å². The van der Waals surface area contributed by atoms with Gasteiger partial charge in [0.25, 0.3) is 0 Å². The first-order chi connectivity index (χ1) is 9.09. The normalized spacial score (nSPS) is 11.1. The molecule has 0 saturated heterocycles. The van der Waals surface area contributed by atoms with E-state index in [2.05, 4.69) is 15.2 Å². The van der Waals surface area contributed by atoms with Crippen molar-refractivity contribution in [3.63, 3.8) is 0 Å². The highest BCUT2D eigenvalue weighted by molar-refractivity contribution is 5.95. The minimum absolute atomic E-state index is 0.00463. The zero-order valence-electron chi connectivity index (χ0n) is 10.3. The molecule has 3 heterocycles. The zero-order valence-corrected chi connectivity index (χ0v) is 10.3. The van der Waals surface area contributed by atoms with Gasteiger partial charge in [0.1, 0.15) is 11.5 Å². The number of rotatable bonds is 2. The number of carboxylic acids is 1. The molecule has 19 heavy (non-hydrogen) atoms. The van der Waals surface area contributed by atoms with Crippen LogP contribution < -0.4 is 0 Å². The molecule has 0 fully saturated rings. The lowest BCUT2D eigenvalue weighted by Gasteiger charge is -1.98. The Morgan fingerprint density at radius 3 is 2.84 bits per heavy atom.